The predicted octanol–water partition coefficient (Wildman–Crippen LogP) is 7.48. The summed E-state index contributed by atoms with van der Waals surface area (Å²) in [6, 6.07) is 32.1. The molecule has 4 rings (SSSR count). The quantitative estimate of drug-likeness (QED) is 0.0888. The van der Waals surface area contributed by atoms with Crippen LogP contribution < -0.4 is 4.90 Å². The van der Waals surface area contributed by atoms with Crippen LogP contribution in [0.4, 0.5) is 5.69 Å². The zero-order chi connectivity index (χ0) is 31.2. The van der Waals surface area contributed by atoms with Crippen LogP contribution in [0.5, 0.6) is 0 Å². The van der Waals surface area contributed by atoms with Crippen LogP contribution in [0.3, 0.4) is 0 Å². The molecule has 0 aliphatic carbocycles. The highest BCUT2D eigenvalue weighted by Gasteiger charge is 2.23. The van der Waals surface area contributed by atoms with E-state index in [1.165, 1.54) is 5.56 Å². The first-order chi connectivity index (χ1) is 20.7. The van der Waals surface area contributed by atoms with Gasteiger partial charge >= 0.3 is 0 Å². The smallest absolute Gasteiger partial charge is 0.270 e. The van der Waals surface area contributed by atoms with E-state index in [0.29, 0.717) is 17.4 Å². The average molecular weight is 588 g/mol. The molecule has 0 N–H and O–H groups in total. The molecule has 0 spiro atoms. The molecule has 1 heterocycles. The number of anilines is 1. The molecule has 0 saturated heterocycles. The summed E-state index contributed by atoms with van der Waals surface area (Å²) in [5.74, 6) is 0. The van der Waals surface area contributed by atoms with Gasteiger partial charge in [-0.1, -0.05) is 98.6 Å². The SMILES string of the molecule is CS(=O)(=O)[O-].[C-]#[N+]/C(C#N)=C(\C(C#N)=CC=C1C=C(c2ccccc2)c2ccccc2N1CCCCC)c1ccccc1. The minimum absolute atomic E-state index is 0.100. The van der Waals surface area contributed by atoms with E-state index in [2.05, 4.69) is 65.2 Å². The van der Waals surface area contributed by atoms with Gasteiger partial charge in [0.05, 0.1) is 34.4 Å². The Balaban J connectivity index is 0.000000934. The second-order valence-corrected chi connectivity index (χ2v) is 11.0. The molecule has 43 heavy (non-hydrogen) atoms. The van der Waals surface area contributed by atoms with E-state index in [-0.39, 0.29) is 11.3 Å². The van der Waals surface area contributed by atoms with Gasteiger partial charge in [0, 0.05) is 35.3 Å². The summed E-state index contributed by atoms with van der Waals surface area (Å²) in [7, 11) is -3.92. The minimum atomic E-state index is -3.92. The summed E-state index contributed by atoms with van der Waals surface area (Å²) in [5, 5.41) is 19.8. The van der Waals surface area contributed by atoms with Gasteiger partial charge in [0.15, 0.2) is 0 Å². The maximum absolute atomic E-state index is 10.1. The van der Waals surface area contributed by atoms with Crippen LogP contribution in [0.1, 0.15) is 42.9 Å². The van der Waals surface area contributed by atoms with Gasteiger partial charge in [-0.15, -0.1) is 0 Å². The fraction of sp³-hybridized carbons (Fsp3) is 0.171. The third-order valence-corrected chi connectivity index (χ3v) is 6.49. The van der Waals surface area contributed by atoms with Gasteiger partial charge < -0.3 is 9.45 Å². The summed E-state index contributed by atoms with van der Waals surface area (Å²) < 4.78 is 27.2. The molecule has 216 valence electrons. The Labute approximate surface area is 254 Å². The molecule has 0 radical (unpaired) electrons. The molecule has 0 amide bonds. The summed E-state index contributed by atoms with van der Waals surface area (Å²) in [5.41, 5.74) is 6.68. The molecule has 1 aliphatic heterocycles. The van der Waals surface area contributed by atoms with Crippen molar-refractivity contribution in [3.05, 3.63) is 148 Å². The Morgan fingerprint density at radius 2 is 1.56 bits per heavy atom. The van der Waals surface area contributed by atoms with Crippen molar-refractivity contribution in [3.8, 4) is 12.1 Å². The van der Waals surface area contributed by atoms with Gasteiger partial charge in [-0.05, 0) is 47.4 Å². The van der Waals surface area contributed by atoms with Crippen LogP contribution in [-0.4, -0.2) is 25.8 Å². The average Bonchev–Trinajstić information content (AvgIpc) is 3.01. The number of para-hydroxylation sites is 1. The molecular weight excluding hydrogens is 556 g/mol. The number of nitrogens with zero attached hydrogens (tertiary/aromatic N) is 4. The Morgan fingerprint density at radius 3 is 2.14 bits per heavy atom. The van der Waals surface area contributed by atoms with E-state index in [1.807, 2.05) is 60.7 Å². The normalized spacial score (nSPS) is 14.1. The molecule has 0 unspecified atom stereocenters. The van der Waals surface area contributed by atoms with Crippen molar-refractivity contribution >= 4 is 27.0 Å². The molecule has 7 nitrogen and oxygen atoms in total. The maximum Gasteiger partial charge on any atom is 0.270 e. The number of hydrogen-bond donors (Lipinski definition) is 0. The lowest BCUT2D eigenvalue weighted by Gasteiger charge is -2.33. The minimum Gasteiger partial charge on any atom is -0.748 e. The molecular formula is C35H31N4O3S-. The van der Waals surface area contributed by atoms with E-state index >= 15 is 0 Å². The molecule has 0 atom stereocenters. The van der Waals surface area contributed by atoms with Gasteiger partial charge in [0.2, 0.25) is 0 Å². The first-order valence-electron chi connectivity index (χ1n) is 13.7. The highest BCUT2D eigenvalue weighted by Crippen LogP contribution is 2.39. The van der Waals surface area contributed by atoms with Crippen LogP contribution in [-0.2, 0) is 10.1 Å². The number of hydrogen-bond acceptors (Lipinski definition) is 6. The predicted molar refractivity (Wildman–Crippen MR) is 170 cm³/mol. The van der Waals surface area contributed by atoms with Gasteiger partial charge in [0.1, 0.15) is 0 Å². The Bertz CT molecular complexity index is 1760. The van der Waals surface area contributed by atoms with Crippen molar-refractivity contribution in [2.75, 3.05) is 17.7 Å². The molecule has 0 fully saturated rings. The molecule has 0 bridgehead atoms. The maximum atomic E-state index is 10.1. The molecule has 1 aliphatic rings. The third kappa shape index (κ3) is 9.15. The number of fused-ring (bicyclic) bond motifs is 1. The van der Waals surface area contributed by atoms with Gasteiger partial charge in [0.25, 0.3) is 5.70 Å². The zero-order valence-electron chi connectivity index (χ0n) is 24.1. The van der Waals surface area contributed by atoms with Crippen molar-refractivity contribution < 1.29 is 13.0 Å². The van der Waals surface area contributed by atoms with Crippen LogP contribution >= 0.6 is 0 Å². The standard InChI is InChI=1S/C34H28N4.CH4O3S/c1-3-4-13-22-38-29(23-31(26-14-7-5-8-15-26)30-18-11-12-19-33(30)38)21-20-28(24-35)34(32(25-36)37-2)27-16-9-6-10-17-27;1-5(2,3)4/h5-12,14-21,23H,3-4,13,22H2,1H3;1H3,(H,2,3,4)/p-1/b28-20?,29-21?,34-32-;. The van der Waals surface area contributed by atoms with Crippen molar-refractivity contribution in [2.24, 2.45) is 0 Å². The largest absolute Gasteiger partial charge is 0.748 e. The topological polar surface area (TPSA) is 112 Å². The summed E-state index contributed by atoms with van der Waals surface area (Å²) in [6.45, 7) is 10.6. The summed E-state index contributed by atoms with van der Waals surface area (Å²) in [6.07, 6.45) is 9.73. The molecule has 8 heteroatoms. The molecule has 3 aromatic carbocycles. The van der Waals surface area contributed by atoms with Crippen molar-refractivity contribution in [1.29, 1.82) is 10.5 Å². The van der Waals surface area contributed by atoms with Crippen molar-refractivity contribution in [3.63, 3.8) is 0 Å². The Kier molecular flexibility index (Phi) is 11.8. The molecule has 0 saturated carbocycles. The first kappa shape index (κ1) is 32.3. The van der Waals surface area contributed by atoms with Crippen LogP contribution in [0, 0.1) is 29.2 Å². The van der Waals surface area contributed by atoms with Crippen molar-refractivity contribution in [1.82, 2.24) is 0 Å². The molecule has 0 aromatic heterocycles. The number of rotatable bonds is 8. The fourth-order valence-electron chi connectivity index (χ4n) is 4.65. The second kappa shape index (κ2) is 15.7. The lowest BCUT2D eigenvalue weighted by molar-refractivity contribution is 0.470. The highest BCUT2D eigenvalue weighted by molar-refractivity contribution is 7.84. The van der Waals surface area contributed by atoms with E-state index in [4.69, 9.17) is 19.5 Å². The number of benzene rings is 3. The van der Waals surface area contributed by atoms with Crippen LogP contribution in [0.25, 0.3) is 16.0 Å². The number of nitriles is 2. The zero-order valence-corrected chi connectivity index (χ0v) is 24.9. The van der Waals surface area contributed by atoms with Gasteiger partial charge in [-0.2, -0.15) is 5.26 Å². The lowest BCUT2D eigenvalue weighted by Crippen LogP contribution is -2.26. The molecule has 3 aromatic rings. The fourth-order valence-corrected chi connectivity index (χ4v) is 4.65. The van der Waals surface area contributed by atoms with Crippen molar-refractivity contribution in [2.45, 2.75) is 26.2 Å². The number of unbranched alkanes of at least 4 members (excludes halogenated alkanes) is 2. The Hall–Kier alpha value is -5.20. The Morgan fingerprint density at radius 1 is 0.953 bits per heavy atom. The third-order valence-electron chi connectivity index (χ3n) is 6.49. The van der Waals surface area contributed by atoms with Gasteiger partial charge in [-0.25, -0.2) is 18.5 Å². The monoisotopic (exact) mass is 587 g/mol. The van der Waals surface area contributed by atoms with E-state index in [9.17, 15) is 10.5 Å². The lowest BCUT2D eigenvalue weighted by atomic mass is 9.91. The highest BCUT2D eigenvalue weighted by atomic mass is 32.2. The summed E-state index contributed by atoms with van der Waals surface area (Å²) in [4.78, 5) is 5.73. The summed E-state index contributed by atoms with van der Waals surface area (Å²) >= 11 is 0. The van der Waals surface area contributed by atoms with Crippen LogP contribution in [0.2, 0.25) is 0 Å². The number of allylic oxidation sites excluding steroid dienone is 6. The first-order valence-corrected chi connectivity index (χ1v) is 15.5. The van der Waals surface area contributed by atoms with Crippen LogP contribution in [0.15, 0.2) is 120 Å². The van der Waals surface area contributed by atoms with E-state index < -0.39 is 10.1 Å². The second-order valence-electron chi connectivity index (χ2n) is 9.60. The van der Waals surface area contributed by atoms with Gasteiger partial charge in [-0.3, -0.25) is 0 Å². The van der Waals surface area contributed by atoms with E-state index in [1.54, 1.807) is 6.08 Å². The van der Waals surface area contributed by atoms with E-state index in [0.717, 1.165) is 48.3 Å².